The van der Waals surface area contributed by atoms with Crippen LogP contribution in [-0.4, -0.2) is 37.8 Å². The average molecular weight is 461 g/mol. The van der Waals surface area contributed by atoms with Crippen LogP contribution in [0.3, 0.4) is 0 Å². The van der Waals surface area contributed by atoms with Crippen molar-refractivity contribution >= 4 is 16.8 Å². The monoisotopic (exact) mass is 460 g/mol. The maximum absolute atomic E-state index is 13.7. The molecule has 1 N–H and O–H groups in total. The van der Waals surface area contributed by atoms with E-state index in [0.717, 1.165) is 33.3 Å². The first-order valence-corrected chi connectivity index (χ1v) is 11.3. The third-order valence-electron chi connectivity index (χ3n) is 6.00. The summed E-state index contributed by atoms with van der Waals surface area (Å²) in [5, 5.41) is 3.99. The third kappa shape index (κ3) is 5.46. The molecule has 3 aromatic carbocycles. The Balaban J connectivity index is 1.71. The summed E-state index contributed by atoms with van der Waals surface area (Å²) in [6, 6.07) is 22.6. The zero-order valence-corrected chi connectivity index (χ0v) is 19.5. The Hall–Kier alpha value is -3.64. The van der Waals surface area contributed by atoms with Gasteiger partial charge in [-0.25, -0.2) is 4.39 Å². The summed E-state index contributed by atoms with van der Waals surface area (Å²) in [6.07, 6.45) is 2.37. The van der Waals surface area contributed by atoms with E-state index < -0.39 is 0 Å². The minimum Gasteiger partial charge on any atom is -0.497 e. The van der Waals surface area contributed by atoms with Crippen molar-refractivity contribution in [1.82, 2.24) is 9.88 Å². The largest absolute Gasteiger partial charge is 0.497 e. The SMILES string of the molecule is COCCNC(=O)C[C@H](c1ccc(F)cc1)c1cn(Cc2ccc(OC)cc2)c2ccccc12. The highest BCUT2D eigenvalue weighted by Gasteiger charge is 2.23. The van der Waals surface area contributed by atoms with Crippen LogP contribution in [0.15, 0.2) is 79.0 Å². The summed E-state index contributed by atoms with van der Waals surface area (Å²) < 4.78 is 26.2. The second-order valence-electron chi connectivity index (χ2n) is 8.23. The highest BCUT2D eigenvalue weighted by Crippen LogP contribution is 2.35. The lowest BCUT2D eigenvalue weighted by Crippen LogP contribution is -2.28. The predicted octanol–water partition coefficient (Wildman–Crippen LogP) is 5.12. The van der Waals surface area contributed by atoms with E-state index in [1.54, 1.807) is 26.4 Å². The molecule has 0 fully saturated rings. The quantitative estimate of drug-likeness (QED) is 0.334. The molecule has 1 aromatic heterocycles. The number of carbonyl (C=O) groups excluding carboxylic acids is 1. The molecular formula is C28H29FN2O3. The summed E-state index contributed by atoms with van der Waals surface area (Å²) in [7, 11) is 3.26. The van der Waals surface area contributed by atoms with Gasteiger partial charge in [0.25, 0.3) is 0 Å². The molecule has 0 spiro atoms. The van der Waals surface area contributed by atoms with E-state index in [1.165, 1.54) is 12.1 Å². The van der Waals surface area contributed by atoms with Crippen molar-refractivity contribution in [2.75, 3.05) is 27.4 Å². The van der Waals surface area contributed by atoms with Crippen LogP contribution in [0.1, 0.15) is 29.0 Å². The smallest absolute Gasteiger partial charge is 0.221 e. The van der Waals surface area contributed by atoms with Crippen molar-refractivity contribution < 1.29 is 18.7 Å². The molecule has 0 radical (unpaired) electrons. The van der Waals surface area contributed by atoms with Crippen LogP contribution in [0, 0.1) is 5.82 Å². The van der Waals surface area contributed by atoms with E-state index in [0.29, 0.717) is 19.7 Å². The Bertz CT molecular complexity index is 1230. The first-order valence-electron chi connectivity index (χ1n) is 11.3. The number of aromatic nitrogens is 1. The molecule has 0 saturated heterocycles. The highest BCUT2D eigenvalue weighted by molar-refractivity contribution is 5.86. The lowest BCUT2D eigenvalue weighted by Gasteiger charge is -2.17. The molecule has 1 heterocycles. The molecule has 0 aliphatic rings. The number of amides is 1. The maximum Gasteiger partial charge on any atom is 0.221 e. The Morgan fingerprint density at radius 1 is 1.00 bits per heavy atom. The average Bonchev–Trinajstić information content (AvgIpc) is 3.22. The van der Waals surface area contributed by atoms with E-state index in [-0.39, 0.29) is 24.1 Å². The van der Waals surface area contributed by atoms with Gasteiger partial charge in [0.2, 0.25) is 5.91 Å². The fraction of sp³-hybridized carbons (Fsp3) is 0.250. The number of benzene rings is 3. The van der Waals surface area contributed by atoms with E-state index in [2.05, 4.69) is 28.2 Å². The van der Waals surface area contributed by atoms with Crippen LogP contribution in [0.5, 0.6) is 5.75 Å². The van der Waals surface area contributed by atoms with Crippen LogP contribution in [0.4, 0.5) is 4.39 Å². The van der Waals surface area contributed by atoms with Gasteiger partial charge in [-0.1, -0.05) is 42.5 Å². The Kier molecular flexibility index (Phi) is 7.60. The van der Waals surface area contributed by atoms with E-state index in [9.17, 15) is 9.18 Å². The Morgan fingerprint density at radius 3 is 2.44 bits per heavy atom. The van der Waals surface area contributed by atoms with E-state index in [1.807, 2.05) is 36.4 Å². The van der Waals surface area contributed by atoms with Gasteiger partial charge in [0.15, 0.2) is 0 Å². The summed E-state index contributed by atoms with van der Waals surface area (Å²) in [5.41, 5.74) is 4.16. The normalized spacial score (nSPS) is 12.0. The number of hydrogen-bond acceptors (Lipinski definition) is 3. The molecule has 34 heavy (non-hydrogen) atoms. The number of para-hydroxylation sites is 1. The van der Waals surface area contributed by atoms with Crippen molar-refractivity contribution in [2.45, 2.75) is 18.9 Å². The molecule has 5 nitrogen and oxygen atoms in total. The van der Waals surface area contributed by atoms with Gasteiger partial charge >= 0.3 is 0 Å². The first-order chi connectivity index (χ1) is 16.6. The molecule has 0 unspecified atom stereocenters. The molecule has 176 valence electrons. The van der Waals surface area contributed by atoms with Crippen LogP contribution >= 0.6 is 0 Å². The summed E-state index contributed by atoms with van der Waals surface area (Å²) in [4.78, 5) is 12.8. The molecule has 4 aromatic rings. The van der Waals surface area contributed by atoms with Crippen LogP contribution in [0.2, 0.25) is 0 Å². The van der Waals surface area contributed by atoms with Gasteiger partial charge in [0, 0.05) is 49.6 Å². The second kappa shape index (κ2) is 11.0. The van der Waals surface area contributed by atoms with Gasteiger partial charge in [0.05, 0.1) is 13.7 Å². The molecule has 1 atom stereocenters. The van der Waals surface area contributed by atoms with Gasteiger partial charge in [0.1, 0.15) is 11.6 Å². The van der Waals surface area contributed by atoms with Gasteiger partial charge < -0.3 is 19.4 Å². The van der Waals surface area contributed by atoms with Crippen molar-refractivity contribution in [3.05, 3.63) is 102 Å². The summed E-state index contributed by atoms with van der Waals surface area (Å²) >= 11 is 0. The number of rotatable bonds is 10. The number of ether oxygens (including phenoxy) is 2. The minimum absolute atomic E-state index is 0.0710. The van der Waals surface area contributed by atoms with Crippen molar-refractivity contribution in [3.63, 3.8) is 0 Å². The number of methoxy groups -OCH3 is 2. The number of hydrogen-bond donors (Lipinski definition) is 1. The van der Waals surface area contributed by atoms with Crippen molar-refractivity contribution in [3.8, 4) is 5.75 Å². The van der Waals surface area contributed by atoms with Gasteiger partial charge in [-0.05, 0) is 47.0 Å². The number of nitrogens with one attached hydrogen (secondary N) is 1. The van der Waals surface area contributed by atoms with Gasteiger partial charge in [-0.3, -0.25) is 4.79 Å². The third-order valence-corrected chi connectivity index (χ3v) is 6.00. The van der Waals surface area contributed by atoms with E-state index in [4.69, 9.17) is 9.47 Å². The molecule has 4 rings (SSSR count). The fourth-order valence-corrected chi connectivity index (χ4v) is 4.26. The first kappa shape index (κ1) is 23.5. The lowest BCUT2D eigenvalue weighted by atomic mass is 9.88. The topological polar surface area (TPSA) is 52.5 Å². The molecule has 6 heteroatoms. The van der Waals surface area contributed by atoms with Crippen molar-refractivity contribution in [1.29, 1.82) is 0 Å². The molecule has 1 amide bonds. The van der Waals surface area contributed by atoms with Crippen molar-refractivity contribution in [2.24, 2.45) is 0 Å². The predicted molar refractivity (Wildman–Crippen MR) is 132 cm³/mol. The van der Waals surface area contributed by atoms with E-state index >= 15 is 0 Å². The number of carbonyl (C=O) groups is 1. The number of nitrogens with zero attached hydrogens (tertiary/aromatic N) is 1. The standard InChI is InChI=1S/C28H29FN2O3/c1-33-16-15-30-28(32)17-25(21-9-11-22(29)12-10-21)26-19-31(27-6-4-3-5-24(26)27)18-20-7-13-23(34-2)14-8-20/h3-14,19,25H,15-18H2,1-2H3,(H,30,32)/t25-/m1/s1. The molecule has 0 saturated carbocycles. The number of fused-ring (bicyclic) bond motifs is 1. The zero-order valence-electron chi connectivity index (χ0n) is 19.5. The zero-order chi connectivity index (χ0) is 23.9. The minimum atomic E-state index is -0.297. The Labute approximate surface area is 199 Å². The highest BCUT2D eigenvalue weighted by atomic mass is 19.1. The molecule has 0 aliphatic carbocycles. The maximum atomic E-state index is 13.7. The van der Waals surface area contributed by atoms with Crippen LogP contribution < -0.4 is 10.1 Å². The van der Waals surface area contributed by atoms with Crippen LogP contribution in [0.25, 0.3) is 10.9 Å². The second-order valence-corrected chi connectivity index (χ2v) is 8.23. The Morgan fingerprint density at radius 2 is 1.74 bits per heavy atom. The molecule has 0 bridgehead atoms. The summed E-state index contributed by atoms with van der Waals surface area (Å²) in [6.45, 7) is 1.58. The van der Waals surface area contributed by atoms with Gasteiger partial charge in [-0.2, -0.15) is 0 Å². The molecule has 0 aliphatic heterocycles. The number of halogens is 1. The fourth-order valence-electron chi connectivity index (χ4n) is 4.26. The summed E-state index contributed by atoms with van der Waals surface area (Å²) in [5.74, 6) is 0.232. The van der Waals surface area contributed by atoms with Crippen LogP contribution in [-0.2, 0) is 16.1 Å². The lowest BCUT2D eigenvalue weighted by molar-refractivity contribution is -0.121. The molecular weight excluding hydrogens is 431 g/mol. The van der Waals surface area contributed by atoms with Gasteiger partial charge in [-0.15, -0.1) is 0 Å².